The minimum absolute atomic E-state index is 0.806. The standard InChI is InChI=1S/C9H22N/c1-6-8-10(4,5)9(3)7-2/h9H,6-8H2,1-5H3/q+1. The van der Waals surface area contributed by atoms with Crippen molar-refractivity contribution in [2.45, 2.75) is 39.7 Å². The summed E-state index contributed by atoms with van der Waals surface area (Å²) in [5.74, 6) is 0. The smallest absolute Gasteiger partial charge is 0.0855 e. The molecule has 0 amide bonds. The molecule has 0 spiro atoms. The second kappa shape index (κ2) is 3.97. The zero-order valence-corrected chi connectivity index (χ0v) is 8.15. The van der Waals surface area contributed by atoms with Crippen LogP contribution in [-0.2, 0) is 0 Å². The molecule has 0 radical (unpaired) electrons. The highest BCUT2D eigenvalue weighted by Crippen LogP contribution is 2.09. The van der Waals surface area contributed by atoms with E-state index in [2.05, 4.69) is 34.9 Å². The van der Waals surface area contributed by atoms with Gasteiger partial charge < -0.3 is 4.48 Å². The van der Waals surface area contributed by atoms with Crippen LogP contribution in [0, 0.1) is 0 Å². The Balaban J connectivity index is 3.82. The third-order valence-electron chi connectivity index (χ3n) is 2.58. The maximum Gasteiger partial charge on any atom is 0.0855 e. The van der Waals surface area contributed by atoms with Gasteiger partial charge in [-0.15, -0.1) is 0 Å². The molecule has 0 heterocycles. The zero-order valence-electron chi connectivity index (χ0n) is 8.15. The van der Waals surface area contributed by atoms with Gasteiger partial charge in [-0.25, -0.2) is 0 Å². The molecule has 0 aromatic heterocycles. The van der Waals surface area contributed by atoms with Crippen LogP contribution < -0.4 is 0 Å². The first-order valence-corrected chi connectivity index (χ1v) is 4.37. The highest BCUT2D eigenvalue weighted by Gasteiger charge is 2.20. The first kappa shape index (κ1) is 9.96. The molecule has 0 aromatic carbocycles. The van der Waals surface area contributed by atoms with E-state index < -0.39 is 0 Å². The van der Waals surface area contributed by atoms with Gasteiger partial charge >= 0.3 is 0 Å². The molecular weight excluding hydrogens is 122 g/mol. The minimum Gasteiger partial charge on any atom is -0.326 e. The Morgan fingerprint density at radius 3 is 2.00 bits per heavy atom. The van der Waals surface area contributed by atoms with E-state index in [1.54, 1.807) is 0 Å². The van der Waals surface area contributed by atoms with E-state index in [1.165, 1.54) is 23.9 Å². The minimum atomic E-state index is 0.806. The van der Waals surface area contributed by atoms with E-state index in [4.69, 9.17) is 0 Å². The van der Waals surface area contributed by atoms with E-state index in [1.807, 2.05) is 0 Å². The molecule has 0 N–H and O–H groups in total. The summed E-state index contributed by atoms with van der Waals surface area (Å²) in [6, 6.07) is 0.806. The average Bonchev–Trinajstić information content (AvgIpc) is 1.86. The fourth-order valence-electron chi connectivity index (χ4n) is 1.29. The van der Waals surface area contributed by atoms with Gasteiger partial charge in [-0.3, -0.25) is 0 Å². The summed E-state index contributed by atoms with van der Waals surface area (Å²) in [7, 11) is 4.63. The van der Waals surface area contributed by atoms with Crippen LogP contribution in [0.15, 0.2) is 0 Å². The van der Waals surface area contributed by atoms with E-state index in [9.17, 15) is 0 Å². The molecule has 1 nitrogen and oxygen atoms in total. The van der Waals surface area contributed by atoms with Crippen molar-refractivity contribution in [1.29, 1.82) is 0 Å². The first-order chi connectivity index (χ1) is 4.54. The van der Waals surface area contributed by atoms with Crippen molar-refractivity contribution in [2.24, 2.45) is 0 Å². The van der Waals surface area contributed by atoms with Gasteiger partial charge in [0.05, 0.1) is 26.7 Å². The molecule has 0 bridgehead atoms. The molecular formula is C9H22N+. The Labute approximate surface area is 65.6 Å². The van der Waals surface area contributed by atoms with Crippen molar-refractivity contribution in [3.63, 3.8) is 0 Å². The quantitative estimate of drug-likeness (QED) is 0.531. The summed E-state index contributed by atoms with van der Waals surface area (Å²) in [4.78, 5) is 0. The molecule has 1 heteroatoms. The third kappa shape index (κ3) is 2.70. The van der Waals surface area contributed by atoms with Crippen molar-refractivity contribution in [1.82, 2.24) is 0 Å². The maximum atomic E-state index is 2.33. The zero-order chi connectivity index (χ0) is 8.20. The SMILES string of the molecule is CCC[N+](C)(C)C(C)CC. The number of hydrogen-bond acceptors (Lipinski definition) is 0. The summed E-state index contributed by atoms with van der Waals surface area (Å²) in [6.45, 7) is 8.15. The summed E-state index contributed by atoms with van der Waals surface area (Å²) in [5, 5.41) is 0. The maximum absolute atomic E-state index is 2.33. The lowest BCUT2D eigenvalue weighted by molar-refractivity contribution is -0.913. The molecule has 0 saturated carbocycles. The fraction of sp³-hybridized carbons (Fsp3) is 1.00. The molecule has 0 saturated heterocycles. The summed E-state index contributed by atoms with van der Waals surface area (Å²) in [5.41, 5.74) is 0. The fourth-order valence-corrected chi connectivity index (χ4v) is 1.29. The van der Waals surface area contributed by atoms with E-state index in [0.717, 1.165) is 6.04 Å². The average molecular weight is 144 g/mol. The van der Waals surface area contributed by atoms with Crippen LogP contribution in [0.5, 0.6) is 0 Å². The van der Waals surface area contributed by atoms with Gasteiger partial charge in [0.2, 0.25) is 0 Å². The van der Waals surface area contributed by atoms with Gasteiger partial charge in [-0.1, -0.05) is 13.8 Å². The Morgan fingerprint density at radius 2 is 1.70 bits per heavy atom. The molecule has 0 fully saturated rings. The molecule has 0 aromatic rings. The third-order valence-corrected chi connectivity index (χ3v) is 2.58. The lowest BCUT2D eigenvalue weighted by Gasteiger charge is -2.35. The number of nitrogens with zero attached hydrogens (tertiary/aromatic N) is 1. The van der Waals surface area contributed by atoms with Crippen molar-refractivity contribution >= 4 is 0 Å². The van der Waals surface area contributed by atoms with Crippen LogP contribution in [0.1, 0.15) is 33.6 Å². The van der Waals surface area contributed by atoms with E-state index in [0.29, 0.717) is 0 Å². The normalized spacial score (nSPS) is 15.3. The first-order valence-electron chi connectivity index (χ1n) is 4.37. The molecule has 10 heavy (non-hydrogen) atoms. The lowest BCUT2D eigenvalue weighted by atomic mass is 10.2. The number of quaternary nitrogens is 1. The number of rotatable bonds is 4. The van der Waals surface area contributed by atoms with Gasteiger partial charge in [0.1, 0.15) is 0 Å². The summed E-state index contributed by atoms with van der Waals surface area (Å²) >= 11 is 0. The molecule has 0 aliphatic rings. The number of hydrogen-bond donors (Lipinski definition) is 0. The van der Waals surface area contributed by atoms with Gasteiger partial charge in [-0.2, -0.15) is 0 Å². The summed E-state index contributed by atoms with van der Waals surface area (Å²) in [6.07, 6.45) is 2.57. The van der Waals surface area contributed by atoms with E-state index in [-0.39, 0.29) is 0 Å². The van der Waals surface area contributed by atoms with Crippen LogP contribution >= 0.6 is 0 Å². The van der Waals surface area contributed by atoms with Gasteiger partial charge in [0.25, 0.3) is 0 Å². The van der Waals surface area contributed by atoms with Gasteiger partial charge in [0, 0.05) is 0 Å². The van der Waals surface area contributed by atoms with Crippen LogP contribution in [0.2, 0.25) is 0 Å². The molecule has 1 unspecified atom stereocenters. The predicted octanol–water partition coefficient (Wildman–Crippen LogP) is 2.27. The van der Waals surface area contributed by atoms with Crippen LogP contribution in [0.25, 0.3) is 0 Å². The topological polar surface area (TPSA) is 0 Å². The molecule has 0 rings (SSSR count). The van der Waals surface area contributed by atoms with Gasteiger partial charge in [-0.05, 0) is 19.8 Å². The van der Waals surface area contributed by atoms with Crippen LogP contribution in [-0.4, -0.2) is 31.2 Å². The Kier molecular flexibility index (Phi) is 3.95. The second-order valence-corrected chi connectivity index (χ2v) is 3.76. The van der Waals surface area contributed by atoms with Crippen molar-refractivity contribution < 1.29 is 4.48 Å². The molecule has 0 aliphatic carbocycles. The second-order valence-electron chi connectivity index (χ2n) is 3.76. The largest absolute Gasteiger partial charge is 0.326 e. The highest BCUT2D eigenvalue weighted by molar-refractivity contribution is 4.45. The molecule has 1 atom stereocenters. The van der Waals surface area contributed by atoms with Crippen LogP contribution in [0.3, 0.4) is 0 Å². The van der Waals surface area contributed by atoms with Gasteiger partial charge in [0.15, 0.2) is 0 Å². The Bertz CT molecular complexity index is 86.7. The predicted molar refractivity (Wildman–Crippen MR) is 47.0 cm³/mol. The van der Waals surface area contributed by atoms with Crippen molar-refractivity contribution in [3.05, 3.63) is 0 Å². The van der Waals surface area contributed by atoms with E-state index >= 15 is 0 Å². The van der Waals surface area contributed by atoms with Crippen molar-refractivity contribution in [2.75, 3.05) is 20.6 Å². The monoisotopic (exact) mass is 144 g/mol. The molecule has 0 aliphatic heterocycles. The molecule has 62 valence electrons. The van der Waals surface area contributed by atoms with Crippen molar-refractivity contribution in [3.8, 4) is 0 Å². The summed E-state index contributed by atoms with van der Waals surface area (Å²) < 4.78 is 1.17. The van der Waals surface area contributed by atoms with Crippen LogP contribution in [0.4, 0.5) is 0 Å². The highest BCUT2D eigenvalue weighted by atomic mass is 15.3. The Morgan fingerprint density at radius 1 is 1.20 bits per heavy atom. The lowest BCUT2D eigenvalue weighted by Crippen LogP contribution is -2.47. The Hall–Kier alpha value is -0.0400.